The molecule has 0 aliphatic heterocycles. The predicted octanol–water partition coefficient (Wildman–Crippen LogP) is 5.57. The van der Waals surface area contributed by atoms with Crippen molar-refractivity contribution in [2.24, 2.45) is 0 Å². The lowest BCUT2D eigenvalue weighted by Gasteiger charge is -2.25. The molecule has 0 saturated heterocycles. The van der Waals surface area contributed by atoms with E-state index in [0.717, 1.165) is 11.1 Å². The first kappa shape index (κ1) is 16.5. The van der Waals surface area contributed by atoms with Crippen LogP contribution in [0.25, 0.3) is 0 Å². The fourth-order valence-electron chi connectivity index (χ4n) is 2.13. The standard InChI is InChI=1S/C15H15Cl2O3P/c1-19-21(18,20-2)15(11-3-7-13(16)8-4-11)12-5-9-14(17)10-6-12/h3-10,15H,1-2H3. The highest BCUT2D eigenvalue weighted by molar-refractivity contribution is 7.54. The quantitative estimate of drug-likeness (QED) is 0.665. The molecule has 21 heavy (non-hydrogen) atoms. The monoisotopic (exact) mass is 344 g/mol. The van der Waals surface area contributed by atoms with Crippen molar-refractivity contribution in [1.82, 2.24) is 0 Å². The number of halogens is 2. The molecule has 0 N–H and O–H groups in total. The topological polar surface area (TPSA) is 35.5 Å². The van der Waals surface area contributed by atoms with E-state index in [1.165, 1.54) is 14.2 Å². The van der Waals surface area contributed by atoms with Gasteiger partial charge in [-0.3, -0.25) is 4.57 Å². The van der Waals surface area contributed by atoms with Crippen molar-refractivity contribution < 1.29 is 13.6 Å². The maximum absolute atomic E-state index is 12.9. The number of hydrogen-bond acceptors (Lipinski definition) is 3. The Morgan fingerprint density at radius 1 is 0.810 bits per heavy atom. The third-order valence-electron chi connectivity index (χ3n) is 3.20. The summed E-state index contributed by atoms with van der Waals surface area (Å²) < 4.78 is 23.3. The van der Waals surface area contributed by atoms with Gasteiger partial charge in [-0.05, 0) is 35.4 Å². The van der Waals surface area contributed by atoms with Crippen LogP contribution in [0.2, 0.25) is 10.0 Å². The molecule has 0 bridgehead atoms. The lowest BCUT2D eigenvalue weighted by Crippen LogP contribution is -2.05. The molecule has 0 fully saturated rings. The zero-order valence-corrected chi connectivity index (χ0v) is 14.0. The summed E-state index contributed by atoms with van der Waals surface area (Å²) in [5, 5.41) is 1.22. The summed E-state index contributed by atoms with van der Waals surface area (Å²) in [4.78, 5) is 0. The Bertz CT molecular complexity index is 587. The van der Waals surface area contributed by atoms with Gasteiger partial charge in [0.1, 0.15) is 5.66 Å². The van der Waals surface area contributed by atoms with Crippen LogP contribution in [0.5, 0.6) is 0 Å². The van der Waals surface area contributed by atoms with E-state index in [2.05, 4.69) is 0 Å². The molecule has 0 aliphatic rings. The Morgan fingerprint density at radius 3 is 1.43 bits per heavy atom. The molecule has 112 valence electrons. The Labute approximate surface area is 134 Å². The molecule has 0 atom stereocenters. The molecule has 0 aliphatic carbocycles. The van der Waals surface area contributed by atoms with Gasteiger partial charge < -0.3 is 9.05 Å². The molecule has 2 rings (SSSR count). The second kappa shape index (κ2) is 6.95. The molecule has 0 heterocycles. The van der Waals surface area contributed by atoms with Crippen molar-refractivity contribution in [3.8, 4) is 0 Å². The Morgan fingerprint density at radius 2 is 1.14 bits per heavy atom. The highest BCUT2D eigenvalue weighted by Gasteiger charge is 2.36. The Kier molecular flexibility index (Phi) is 5.48. The molecule has 6 heteroatoms. The van der Waals surface area contributed by atoms with Crippen LogP contribution in [0.3, 0.4) is 0 Å². The van der Waals surface area contributed by atoms with Crippen molar-refractivity contribution in [1.29, 1.82) is 0 Å². The van der Waals surface area contributed by atoms with Crippen molar-refractivity contribution in [3.63, 3.8) is 0 Å². The average molecular weight is 345 g/mol. The smallest absolute Gasteiger partial charge is 0.311 e. The van der Waals surface area contributed by atoms with E-state index >= 15 is 0 Å². The van der Waals surface area contributed by atoms with Gasteiger partial charge in [0.15, 0.2) is 0 Å². The average Bonchev–Trinajstić information content (AvgIpc) is 2.51. The SMILES string of the molecule is COP(=O)(OC)C(c1ccc(Cl)cc1)c1ccc(Cl)cc1. The van der Waals surface area contributed by atoms with Gasteiger partial charge in [-0.25, -0.2) is 0 Å². The normalized spacial score (nSPS) is 11.9. The molecule has 0 amide bonds. The van der Waals surface area contributed by atoms with Crippen molar-refractivity contribution in [3.05, 3.63) is 69.7 Å². The first-order valence-electron chi connectivity index (χ1n) is 6.22. The maximum atomic E-state index is 12.9. The highest BCUT2D eigenvalue weighted by Crippen LogP contribution is 2.62. The first-order valence-corrected chi connectivity index (χ1v) is 8.59. The van der Waals surface area contributed by atoms with E-state index in [0.29, 0.717) is 10.0 Å². The Balaban J connectivity index is 2.56. The summed E-state index contributed by atoms with van der Waals surface area (Å²) in [6, 6.07) is 14.2. The van der Waals surface area contributed by atoms with Gasteiger partial charge in [-0.1, -0.05) is 47.5 Å². The molecule has 0 unspecified atom stereocenters. The van der Waals surface area contributed by atoms with Crippen LogP contribution in [-0.4, -0.2) is 14.2 Å². The zero-order chi connectivity index (χ0) is 15.5. The van der Waals surface area contributed by atoms with Crippen LogP contribution in [0.4, 0.5) is 0 Å². The van der Waals surface area contributed by atoms with Crippen LogP contribution in [0.1, 0.15) is 16.8 Å². The van der Waals surface area contributed by atoms with Gasteiger partial charge in [0, 0.05) is 24.3 Å². The summed E-state index contributed by atoms with van der Waals surface area (Å²) >= 11 is 11.8. The lowest BCUT2D eigenvalue weighted by molar-refractivity contribution is 0.270. The summed E-state index contributed by atoms with van der Waals surface area (Å²) in [7, 11) is -0.595. The van der Waals surface area contributed by atoms with E-state index in [-0.39, 0.29) is 0 Å². The lowest BCUT2D eigenvalue weighted by atomic mass is 10.0. The summed E-state index contributed by atoms with van der Waals surface area (Å²) in [6.45, 7) is 0. The molecule has 0 radical (unpaired) electrons. The maximum Gasteiger partial charge on any atom is 0.341 e. The summed E-state index contributed by atoms with van der Waals surface area (Å²) in [6.07, 6.45) is 0. The minimum atomic E-state index is -3.35. The summed E-state index contributed by atoms with van der Waals surface area (Å²) in [5.41, 5.74) is 1.06. The second-order valence-corrected chi connectivity index (χ2v) is 7.61. The van der Waals surface area contributed by atoms with E-state index in [1.807, 2.05) is 24.3 Å². The predicted molar refractivity (Wildman–Crippen MR) is 86.4 cm³/mol. The minimum absolute atomic E-state index is 0.540. The van der Waals surface area contributed by atoms with Gasteiger partial charge in [-0.15, -0.1) is 0 Å². The van der Waals surface area contributed by atoms with Gasteiger partial charge in [-0.2, -0.15) is 0 Å². The van der Waals surface area contributed by atoms with E-state index < -0.39 is 13.3 Å². The fraction of sp³-hybridized carbons (Fsp3) is 0.200. The third-order valence-corrected chi connectivity index (χ3v) is 5.95. The van der Waals surface area contributed by atoms with E-state index in [4.69, 9.17) is 32.2 Å². The van der Waals surface area contributed by atoms with Gasteiger partial charge in [0.2, 0.25) is 0 Å². The molecular weight excluding hydrogens is 330 g/mol. The van der Waals surface area contributed by atoms with Crippen LogP contribution in [0.15, 0.2) is 48.5 Å². The van der Waals surface area contributed by atoms with Crippen LogP contribution in [0, 0.1) is 0 Å². The molecule has 0 saturated carbocycles. The first-order chi connectivity index (χ1) is 10.00. The van der Waals surface area contributed by atoms with Crippen molar-refractivity contribution in [2.75, 3.05) is 14.2 Å². The van der Waals surface area contributed by atoms with Crippen LogP contribution >= 0.6 is 30.8 Å². The Hall–Kier alpha value is -0.830. The van der Waals surface area contributed by atoms with Gasteiger partial charge >= 0.3 is 7.60 Å². The van der Waals surface area contributed by atoms with Gasteiger partial charge in [0.25, 0.3) is 0 Å². The fourth-order valence-corrected chi connectivity index (χ4v) is 4.03. The molecule has 2 aromatic carbocycles. The molecule has 3 nitrogen and oxygen atoms in total. The molecule has 0 spiro atoms. The molecule has 2 aromatic rings. The third kappa shape index (κ3) is 3.68. The minimum Gasteiger partial charge on any atom is -0.311 e. The number of benzene rings is 2. The summed E-state index contributed by atoms with van der Waals surface area (Å²) in [5.74, 6) is 0. The molecule has 0 aromatic heterocycles. The number of hydrogen-bond donors (Lipinski definition) is 0. The van der Waals surface area contributed by atoms with E-state index in [9.17, 15) is 4.57 Å². The van der Waals surface area contributed by atoms with Gasteiger partial charge in [0.05, 0.1) is 0 Å². The van der Waals surface area contributed by atoms with Crippen LogP contribution in [-0.2, 0) is 13.6 Å². The van der Waals surface area contributed by atoms with Crippen LogP contribution < -0.4 is 0 Å². The highest BCUT2D eigenvalue weighted by atomic mass is 35.5. The second-order valence-electron chi connectivity index (χ2n) is 4.41. The number of rotatable bonds is 5. The van der Waals surface area contributed by atoms with Crippen molar-refractivity contribution in [2.45, 2.75) is 5.66 Å². The largest absolute Gasteiger partial charge is 0.341 e. The zero-order valence-electron chi connectivity index (χ0n) is 11.6. The van der Waals surface area contributed by atoms with Crippen molar-refractivity contribution >= 4 is 30.8 Å². The van der Waals surface area contributed by atoms with E-state index in [1.54, 1.807) is 24.3 Å². The molecular formula is C15H15Cl2O3P.